The lowest BCUT2D eigenvalue weighted by atomic mass is 10.1. The van der Waals surface area contributed by atoms with Crippen LogP contribution in [0.4, 0.5) is 15.8 Å². The van der Waals surface area contributed by atoms with Crippen molar-refractivity contribution in [2.45, 2.75) is 9.79 Å². The number of methoxy groups -OCH3 is 2. The molecule has 0 heterocycles. The average Bonchev–Trinajstić information content (AvgIpc) is 2.75. The smallest absolute Gasteiger partial charge is 0.270 e. The largest absolute Gasteiger partial charge is 0.497 e. The molecule has 0 radical (unpaired) electrons. The molecular weight excluding hydrogens is 411 g/mol. The standard InChI is InChI=1S/C21H17FN2O5S/c1-28-14-8-9-17(18(12-14)29-2)23-21(25)15-11-13(24(26)27)7-10-19(15)30-20-6-4-3-5-16(20)22/h3-12H,1-2H3,(H,23,25). The molecule has 3 aromatic rings. The summed E-state index contributed by atoms with van der Waals surface area (Å²) in [4.78, 5) is 24.3. The summed E-state index contributed by atoms with van der Waals surface area (Å²) in [5, 5.41) is 13.9. The zero-order valence-corrected chi connectivity index (χ0v) is 16.9. The Morgan fingerprint density at radius 2 is 1.80 bits per heavy atom. The van der Waals surface area contributed by atoms with Gasteiger partial charge in [0.05, 0.1) is 30.4 Å². The Hall–Kier alpha value is -3.59. The maximum absolute atomic E-state index is 14.1. The minimum absolute atomic E-state index is 0.0373. The number of ether oxygens (including phenoxy) is 2. The van der Waals surface area contributed by atoms with E-state index < -0.39 is 16.6 Å². The van der Waals surface area contributed by atoms with Crippen molar-refractivity contribution in [3.05, 3.63) is 82.2 Å². The van der Waals surface area contributed by atoms with E-state index in [1.54, 1.807) is 36.4 Å². The molecule has 0 aliphatic heterocycles. The number of nitro groups is 1. The molecule has 0 saturated carbocycles. The number of anilines is 1. The van der Waals surface area contributed by atoms with Gasteiger partial charge >= 0.3 is 0 Å². The average molecular weight is 428 g/mol. The van der Waals surface area contributed by atoms with Gasteiger partial charge in [-0.05, 0) is 30.3 Å². The van der Waals surface area contributed by atoms with E-state index in [0.29, 0.717) is 27.0 Å². The number of benzene rings is 3. The minimum Gasteiger partial charge on any atom is -0.497 e. The van der Waals surface area contributed by atoms with Crippen LogP contribution in [0.5, 0.6) is 11.5 Å². The normalized spacial score (nSPS) is 10.4. The van der Waals surface area contributed by atoms with Crippen LogP contribution in [0.1, 0.15) is 10.4 Å². The fraction of sp³-hybridized carbons (Fsp3) is 0.0952. The van der Waals surface area contributed by atoms with Gasteiger partial charge in [0, 0.05) is 28.0 Å². The molecule has 9 heteroatoms. The zero-order chi connectivity index (χ0) is 21.7. The minimum atomic E-state index is -0.596. The molecule has 0 aliphatic carbocycles. The number of hydrogen-bond donors (Lipinski definition) is 1. The van der Waals surface area contributed by atoms with Crippen molar-refractivity contribution in [1.29, 1.82) is 0 Å². The van der Waals surface area contributed by atoms with Gasteiger partial charge in [0.15, 0.2) is 0 Å². The van der Waals surface area contributed by atoms with Crippen LogP contribution in [-0.2, 0) is 0 Å². The first-order valence-corrected chi connectivity index (χ1v) is 9.48. The first-order valence-electron chi connectivity index (χ1n) is 8.67. The van der Waals surface area contributed by atoms with Gasteiger partial charge < -0.3 is 14.8 Å². The Labute approximate surface area is 176 Å². The Morgan fingerprint density at radius 1 is 1.03 bits per heavy atom. The van der Waals surface area contributed by atoms with E-state index in [4.69, 9.17) is 9.47 Å². The van der Waals surface area contributed by atoms with E-state index in [2.05, 4.69) is 5.32 Å². The molecule has 0 spiro atoms. The molecule has 0 aromatic heterocycles. The summed E-state index contributed by atoms with van der Waals surface area (Å²) < 4.78 is 24.5. The molecule has 0 unspecified atom stereocenters. The van der Waals surface area contributed by atoms with Crippen LogP contribution in [0.15, 0.2) is 70.5 Å². The predicted molar refractivity (Wildman–Crippen MR) is 111 cm³/mol. The van der Waals surface area contributed by atoms with Crippen LogP contribution in [0.2, 0.25) is 0 Å². The lowest BCUT2D eigenvalue weighted by Gasteiger charge is -2.13. The second kappa shape index (κ2) is 9.27. The van der Waals surface area contributed by atoms with Crippen molar-refractivity contribution in [2.75, 3.05) is 19.5 Å². The molecule has 0 aliphatic rings. The van der Waals surface area contributed by atoms with Gasteiger partial charge in [-0.1, -0.05) is 23.9 Å². The molecule has 0 atom stereocenters. The second-order valence-corrected chi connectivity index (χ2v) is 7.07. The van der Waals surface area contributed by atoms with E-state index in [1.807, 2.05) is 0 Å². The zero-order valence-electron chi connectivity index (χ0n) is 16.0. The van der Waals surface area contributed by atoms with Crippen LogP contribution < -0.4 is 14.8 Å². The van der Waals surface area contributed by atoms with Crippen LogP contribution in [0.25, 0.3) is 0 Å². The van der Waals surface area contributed by atoms with Crippen molar-refractivity contribution in [1.82, 2.24) is 0 Å². The summed E-state index contributed by atoms with van der Waals surface area (Å²) in [6, 6.07) is 14.8. The fourth-order valence-corrected chi connectivity index (χ4v) is 3.58. The Bertz CT molecular complexity index is 1110. The van der Waals surface area contributed by atoms with E-state index in [-0.39, 0.29) is 11.3 Å². The lowest BCUT2D eigenvalue weighted by Crippen LogP contribution is -2.14. The number of non-ortho nitro benzene ring substituents is 1. The van der Waals surface area contributed by atoms with E-state index in [9.17, 15) is 19.3 Å². The molecule has 0 bridgehead atoms. The highest BCUT2D eigenvalue weighted by Gasteiger charge is 2.20. The molecule has 0 fully saturated rings. The van der Waals surface area contributed by atoms with Crippen molar-refractivity contribution in [2.24, 2.45) is 0 Å². The van der Waals surface area contributed by atoms with E-state index in [0.717, 1.165) is 17.8 Å². The first-order chi connectivity index (χ1) is 14.4. The monoisotopic (exact) mass is 428 g/mol. The van der Waals surface area contributed by atoms with Gasteiger partial charge in [0.2, 0.25) is 0 Å². The summed E-state index contributed by atoms with van der Waals surface area (Å²) >= 11 is 1.01. The number of nitro benzene ring substituents is 1. The first kappa shape index (κ1) is 21.1. The van der Waals surface area contributed by atoms with Gasteiger partial charge in [-0.25, -0.2) is 4.39 Å². The molecule has 7 nitrogen and oxygen atoms in total. The number of hydrogen-bond acceptors (Lipinski definition) is 6. The molecule has 3 rings (SSSR count). The Kier molecular flexibility index (Phi) is 6.53. The van der Waals surface area contributed by atoms with E-state index >= 15 is 0 Å². The molecule has 3 aromatic carbocycles. The van der Waals surface area contributed by atoms with Crippen LogP contribution >= 0.6 is 11.8 Å². The molecule has 0 saturated heterocycles. The molecule has 1 N–H and O–H groups in total. The molecule has 30 heavy (non-hydrogen) atoms. The van der Waals surface area contributed by atoms with Crippen molar-refractivity contribution in [3.8, 4) is 11.5 Å². The number of rotatable bonds is 7. The number of amides is 1. The summed E-state index contributed by atoms with van der Waals surface area (Å²) in [6.07, 6.45) is 0. The highest BCUT2D eigenvalue weighted by Crippen LogP contribution is 2.35. The summed E-state index contributed by atoms with van der Waals surface area (Å²) in [6.45, 7) is 0. The SMILES string of the molecule is COc1ccc(NC(=O)c2cc([N+](=O)[O-])ccc2Sc2ccccc2F)c(OC)c1. The quantitative estimate of drug-likeness (QED) is 0.413. The number of nitrogens with zero attached hydrogens (tertiary/aromatic N) is 1. The molecule has 1 amide bonds. The second-order valence-electron chi connectivity index (χ2n) is 5.99. The lowest BCUT2D eigenvalue weighted by molar-refractivity contribution is -0.384. The van der Waals surface area contributed by atoms with Crippen LogP contribution in [-0.4, -0.2) is 25.1 Å². The van der Waals surface area contributed by atoms with Gasteiger partial charge in [-0.15, -0.1) is 0 Å². The van der Waals surface area contributed by atoms with Gasteiger partial charge in [-0.2, -0.15) is 0 Å². The molecule has 154 valence electrons. The highest BCUT2D eigenvalue weighted by molar-refractivity contribution is 7.99. The molecular formula is C21H17FN2O5S. The van der Waals surface area contributed by atoms with Crippen molar-refractivity contribution in [3.63, 3.8) is 0 Å². The number of carbonyl (C=O) groups excluding carboxylic acids is 1. The predicted octanol–water partition coefficient (Wildman–Crippen LogP) is 5.15. The topological polar surface area (TPSA) is 90.7 Å². The van der Waals surface area contributed by atoms with Crippen molar-refractivity contribution < 1.29 is 23.6 Å². The third kappa shape index (κ3) is 4.69. The van der Waals surface area contributed by atoms with Crippen LogP contribution in [0.3, 0.4) is 0 Å². The number of nitrogens with one attached hydrogen (secondary N) is 1. The van der Waals surface area contributed by atoms with Crippen LogP contribution in [0, 0.1) is 15.9 Å². The third-order valence-electron chi connectivity index (χ3n) is 4.13. The maximum atomic E-state index is 14.1. The summed E-state index contributed by atoms with van der Waals surface area (Å²) in [5.41, 5.74) is 0.145. The maximum Gasteiger partial charge on any atom is 0.270 e. The summed E-state index contributed by atoms with van der Waals surface area (Å²) in [7, 11) is 2.94. The Balaban J connectivity index is 1.98. The van der Waals surface area contributed by atoms with E-state index in [1.165, 1.54) is 32.4 Å². The fourth-order valence-electron chi connectivity index (χ4n) is 2.64. The number of halogens is 1. The Morgan fingerprint density at radius 3 is 2.47 bits per heavy atom. The van der Waals surface area contributed by atoms with Gasteiger partial charge in [0.25, 0.3) is 11.6 Å². The third-order valence-corrected chi connectivity index (χ3v) is 5.26. The van der Waals surface area contributed by atoms with Gasteiger partial charge in [-0.3, -0.25) is 14.9 Å². The van der Waals surface area contributed by atoms with Crippen molar-refractivity contribution >= 4 is 29.0 Å². The number of carbonyl (C=O) groups is 1. The van der Waals surface area contributed by atoms with Gasteiger partial charge in [0.1, 0.15) is 17.3 Å². The summed E-state index contributed by atoms with van der Waals surface area (Å²) in [5.74, 6) is -0.155. The highest BCUT2D eigenvalue weighted by atomic mass is 32.2.